The van der Waals surface area contributed by atoms with Gasteiger partial charge in [-0.15, -0.1) is 0 Å². The standard InChI is InChI=1S/C30H39N5O2S/c1-19-21-17-34-25-16-22(33(4)29(36)35(38)32-30(2,3)31-19)14-15-23(25)27(20-10-6-5-7-11-20)28(34)24-12-8-9-13-26(24)37-18-21/h8-9,12-16,19-21,31-32,38H,5-7,10-11,17-18H2,1-4H3/t19?,21-/m0/s1. The summed E-state index contributed by atoms with van der Waals surface area (Å²) in [6.45, 7) is 7.68. The van der Waals surface area contributed by atoms with E-state index in [1.807, 2.05) is 20.9 Å². The Labute approximate surface area is 231 Å². The van der Waals surface area contributed by atoms with Crippen molar-refractivity contribution in [3.05, 3.63) is 48.0 Å². The van der Waals surface area contributed by atoms with Crippen LogP contribution in [-0.4, -0.2) is 40.4 Å². The van der Waals surface area contributed by atoms with Gasteiger partial charge in [0.15, 0.2) is 0 Å². The van der Waals surface area contributed by atoms with Crippen molar-refractivity contribution in [2.45, 2.75) is 77.0 Å². The van der Waals surface area contributed by atoms with Gasteiger partial charge in [0, 0.05) is 42.2 Å². The Morgan fingerprint density at radius 2 is 1.84 bits per heavy atom. The summed E-state index contributed by atoms with van der Waals surface area (Å²) in [5.74, 6) is 1.66. The minimum atomic E-state index is -0.577. The zero-order valence-electron chi connectivity index (χ0n) is 22.8. The maximum Gasteiger partial charge on any atom is 0.348 e. The second kappa shape index (κ2) is 9.81. The van der Waals surface area contributed by atoms with E-state index in [0.717, 1.165) is 18.0 Å². The number of aromatic nitrogens is 1. The molecular weight excluding hydrogens is 494 g/mol. The fraction of sp³-hybridized carbons (Fsp3) is 0.500. The van der Waals surface area contributed by atoms with Crippen LogP contribution in [0.15, 0.2) is 42.5 Å². The number of nitrogens with one attached hydrogen (secondary N) is 2. The van der Waals surface area contributed by atoms with Crippen molar-refractivity contribution < 1.29 is 9.53 Å². The lowest BCUT2D eigenvalue weighted by molar-refractivity contribution is 0.138. The Kier molecular flexibility index (Phi) is 6.61. The van der Waals surface area contributed by atoms with E-state index in [1.165, 1.54) is 64.2 Å². The predicted molar refractivity (Wildman–Crippen MR) is 157 cm³/mol. The zero-order chi connectivity index (χ0) is 26.6. The number of hydrogen-bond acceptors (Lipinski definition) is 5. The van der Waals surface area contributed by atoms with Crippen molar-refractivity contribution in [2.75, 3.05) is 18.6 Å². The first-order chi connectivity index (χ1) is 18.2. The summed E-state index contributed by atoms with van der Waals surface area (Å²) < 4.78 is 10.4. The molecule has 202 valence electrons. The first-order valence-corrected chi connectivity index (χ1v) is 14.3. The van der Waals surface area contributed by atoms with Crippen LogP contribution in [0, 0.1) is 5.92 Å². The Morgan fingerprint density at radius 3 is 2.63 bits per heavy atom. The fourth-order valence-corrected chi connectivity index (χ4v) is 7.10. The van der Waals surface area contributed by atoms with Crippen LogP contribution in [0.3, 0.4) is 0 Å². The van der Waals surface area contributed by atoms with E-state index in [9.17, 15) is 4.79 Å². The fourth-order valence-electron chi connectivity index (χ4n) is 6.72. The van der Waals surface area contributed by atoms with Crippen LogP contribution in [0.25, 0.3) is 22.2 Å². The Balaban J connectivity index is 1.64. The molecule has 8 heteroatoms. The number of hydrogen-bond donors (Lipinski definition) is 3. The van der Waals surface area contributed by atoms with Gasteiger partial charge in [0.2, 0.25) is 0 Å². The number of anilines is 1. The number of thiol groups is 1. The molecule has 6 rings (SSSR count). The number of benzene rings is 2. The van der Waals surface area contributed by atoms with Gasteiger partial charge in [-0.05, 0) is 82.2 Å². The third-order valence-corrected chi connectivity index (χ3v) is 8.92. The molecule has 2 amide bonds. The zero-order valence-corrected chi connectivity index (χ0v) is 23.7. The molecule has 1 fully saturated rings. The monoisotopic (exact) mass is 533 g/mol. The van der Waals surface area contributed by atoms with Crippen LogP contribution >= 0.6 is 12.8 Å². The second-order valence-electron chi connectivity index (χ2n) is 11.8. The number of fused-ring (bicyclic) bond motifs is 4. The topological polar surface area (TPSA) is 61.8 Å². The van der Waals surface area contributed by atoms with Crippen molar-refractivity contribution in [1.29, 1.82) is 0 Å². The van der Waals surface area contributed by atoms with Crippen LogP contribution in [0.2, 0.25) is 0 Å². The summed E-state index contributed by atoms with van der Waals surface area (Å²) in [7, 11) is 1.81. The molecule has 4 bridgehead atoms. The van der Waals surface area contributed by atoms with Crippen molar-refractivity contribution >= 4 is 35.4 Å². The molecular formula is C30H39N5O2S. The highest BCUT2D eigenvalue weighted by atomic mass is 32.1. The first-order valence-electron chi connectivity index (χ1n) is 13.9. The number of ether oxygens (including phenoxy) is 1. The van der Waals surface area contributed by atoms with E-state index >= 15 is 0 Å². The maximum absolute atomic E-state index is 13.4. The number of para-hydroxylation sites is 1. The van der Waals surface area contributed by atoms with Gasteiger partial charge in [0.25, 0.3) is 0 Å². The molecule has 1 saturated carbocycles. The molecule has 2 aromatic carbocycles. The molecule has 0 spiro atoms. The van der Waals surface area contributed by atoms with E-state index in [-0.39, 0.29) is 18.0 Å². The minimum absolute atomic E-state index is 0.102. The highest BCUT2D eigenvalue weighted by Crippen LogP contribution is 2.47. The average Bonchev–Trinajstić information content (AvgIpc) is 3.20. The van der Waals surface area contributed by atoms with Gasteiger partial charge in [-0.25, -0.2) is 14.6 Å². The van der Waals surface area contributed by atoms with Gasteiger partial charge in [-0.1, -0.05) is 37.5 Å². The molecule has 1 unspecified atom stereocenters. The van der Waals surface area contributed by atoms with Gasteiger partial charge in [0.05, 0.1) is 23.5 Å². The number of carbonyl (C=O) groups is 1. The number of rotatable bonds is 1. The number of urea groups is 1. The SMILES string of the molecule is CC1NC(C)(C)NN(S)C(=O)N(C)c2ccc3c(C4CCCCC4)c4n(c3c2)C[C@H]1COc1ccccc1-4. The van der Waals surface area contributed by atoms with Crippen LogP contribution in [0.1, 0.15) is 64.4 Å². The predicted octanol–water partition coefficient (Wildman–Crippen LogP) is 6.30. The summed E-state index contributed by atoms with van der Waals surface area (Å²) in [6.07, 6.45) is 6.29. The van der Waals surface area contributed by atoms with Crippen molar-refractivity contribution in [2.24, 2.45) is 5.92 Å². The molecule has 1 aliphatic carbocycles. The van der Waals surface area contributed by atoms with Crippen LogP contribution in [0.4, 0.5) is 10.5 Å². The van der Waals surface area contributed by atoms with E-state index < -0.39 is 5.66 Å². The highest BCUT2D eigenvalue weighted by molar-refractivity contribution is 7.78. The number of nitrogens with zero attached hydrogens (tertiary/aromatic N) is 3. The Hall–Kier alpha value is -2.68. The molecule has 2 N–H and O–H groups in total. The molecule has 3 heterocycles. The van der Waals surface area contributed by atoms with Crippen molar-refractivity contribution in [3.63, 3.8) is 0 Å². The highest BCUT2D eigenvalue weighted by Gasteiger charge is 2.35. The maximum atomic E-state index is 13.4. The molecule has 38 heavy (non-hydrogen) atoms. The molecule has 0 radical (unpaired) electrons. The van der Waals surface area contributed by atoms with Crippen LogP contribution in [-0.2, 0) is 6.54 Å². The molecule has 7 nitrogen and oxygen atoms in total. The summed E-state index contributed by atoms with van der Waals surface area (Å²) >= 11 is 4.50. The van der Waals surface area contributed by atoms with Crippen molar-refractivity contribution in [1.82, 2.24) is 19.7 Å². The molecule has 0 saturated heterocycles. The van der Waals surface area contributed by atoms with Gasteiger partial charge in [-0.2, -0.15) is 0 Å². The van der Waals surface area contributed by atoms with Gasteiger partial charge >= 0.3 is 6.03 Å². The summed E-state index contributed by atoms with van der Waals surface area (Å²) in [4.78, 5) is 15.0. The first kappa shape index (κ1) is 25.6. The van der Waals surface area contributed by atoms with Gasteiger partial charge in [0.1, 0.15) is 5.75 Å². The lowest BCUT2D eigenvalue weighted by Crippen LogP contribution is -2.62. The quantitative estimate of drug-likeness (QED) is 0.321. The lowest BCUT2D eigenvalue weighted by atomic mass is 9.81. The van der Waals surface area contributed by atoms with Crippen molar-refractivity contribution in [3.8, 4) is 17.0 Å². The smallest absolute Gasteiger partial charge is 0.348 e. The second-order valence-corrected chi connectivity index (χ2v) is 12.2. The molecule has 1 aromatic heterocycles. The molecule has 3 aromatic rings. The molecule has 3 aliphatic rings. The van der Waals surface area contributed by atoms with E-state index in [2.05, 4.69) is 77.5 Å². The molecule has 2 aliphatic heterocycles. The third-order valence-electron chi connectivity index (χ3n) is 8.65. The summed E-state index contributed by atoms with van der Waals surface area (Å²) in [5.41, 5.74) is 8.59. The van der Waals surface area contributed by atoms with E-state index in [0.29, 0.717) is 12.5 Å². The molecule has 2 atom stereocenters. The average molecular weight is 534 g/mol. The third kappa shape index (κ3) is 4.46. The number of hydrazine groups is 1. The summed E-state index contributed by atoms with van der Waals surface area (Å²) in [5, 5.41) is 5.00. The summed E-state index contributed by atoms with van der Waals surface area (Å²) in [6, 6.07) is 14.9. The number of carbonyl (C=O) groups excluding carboxylic acids is 1. The minimum Gasteiger partial charge on any atom is -0.492 e. The van der Waals surface area contributed by atoms with E-state index in [4.69, 9.17) is 4.74 Å². The van der Waals surface area contributed by atoms with Gasteiger partial charge < -0.3 is 9.30 Å². The van der Waals surface area contributed by atoms with Crippen LogP contribution in [0.5, 0.6) is 5.75 Å². The lowest BCUT2D eigenvalue weighted by Gasteiger charge is -2.38. The van der Waals surface area contributed by atoms with E-state index in [1.54, 1.807) is 4.90 Å². The van der Waals surface area contributed by atoms with Gasteiger partial charge in [-0.3, -0.25) is 10.2 Å². The number of amides is 2. The van der Waals surface area contributed by atoms with Crippen LogP contribution < -0.4 is 20.4 Å². The normalized spacial score (nSPS) is 24.3. The Morgan fingerprint density at radius 1 is 1.08 bits per heavy atom. The Bertz CT molecular complexity index is 1360. The largest absolute Gasteiger partial charge is 0.492 e.